The number of hydrogen-bond donors (Lipinski definition) is 1. The van der Waals surface area contributed by atoms with E-state index in [-0.39, 0.29) is 6.61 Å². The Morgan fingerprint density at radius 1 is 1.13 bits per heavy atom. The zero-order valence-electron chi connectivity index (χ0n) is 22.4. The van der Waals surface area contributed by atoms with E-state index in [1.54, 1.807) is 19.2 Å². The summed E-state index contributed by atoms with van der Waals surface area (Å²) >= 11 is 0. The van der Waals surface area contributed by atoms with Crippen molar-refractivity contribution in [2.24, 2.45) is 0 Å². The van der Waals surface area contributed by atoms with Gasteiger partial charge in [-0.1, -0.05) is 12.1 Å². The van der Waals surface area contributed by atoms with E-state index in [0.717, 1.165) is 71.8 Å². The van der Waals surface area contributed by atoms with Crippen molar-refractivity contribution in [2.45, 2.75) is 33.0 Å². The highest BCUT2D eigenvalue weighted by Crippen LogP contribution is 2.39. The Bertz CT molecular complexity index is 1680. The lowest BCUT2D eigenvalue weighted by Crippen LogP contribution is -2.33. The summed E-state index contributed by atoms with van der Waals surface area (Å²) < 4.78 is 17.2. The fraction of sp³-hybridized carbons (Fsp3) is 0.345. The number of hydrogen-bond acceptors (Lipinski definition) is 7. The minimum Gasteiger partial charge on any atom is -0.494 e. The van der Waals surface area contributed by atoms with Gasteiger partial charge in [0.25, 0.3) is 0 Å². The van der Waals surface area contributed by atoms with Crippen LogP contribution >= 0.6 is 0 Å². The molecule has 39 heavy (non-hydrogen) atoms. The topological polar surface area (TPSA) is 99.6 Å². The second kappa shape index (κ2) is 10.1. The van der Waals surface area contributed by atoms with Gasteiger partial charge in [-0.05, 0) is 37.6 Å². The summed E-state index contributed by atoms with van der Waals surface area (Å²) in [6.45, 7) is 6.00. The number of imidazole rings is 1. The number of methoxy groups -OCH3 is 2. The summed E-state index contributed by atoms with van der Waals surface area (Å²) in [4.78, 5) is 19.9. The van der Waals surface area contributed by atoms with Crippen LogP contribution in [-0.4, -0.2) is 68.9 Å². The van der Waals surface area contributed by atoms with E-state index in [9.17, 15) is 9.90 Å². The van der Waals surface area contributed by atoms with E-state index < -0.39 is 5.97 Å². The van der Waals surface area contributed by atoms with Crippen LogP contribution in [0.5, 0.6) is 5.75 Å². The Kier molecular flexibility index (Phi) is 6.48. The van der Waals surface area contributed by atoms with Crippen LogP contribution in [0.2, 0.25) is 0 Å². The Hall–Kier alpha value is -4.31. The predicted molar refractivity (Wildman–Crippen MR) is 149 cm³/mol. The second-order valence-electron chi connectivity index (χ2n) is 9.72. The first-order chi connectivity index (χ1) is 19.1. The van der Waals surface area contributed by atoms with Gasteiger partial charge in [0, 0.05) is 49.9 Å². The first kappa shape index (κ1) is 25.0. The standard InChI is InChI=1S/C29H32N6O4/c1-4-33-17-19(16-30-33)18-35-27-22(13-21(29(37)39-3)15-25(27)38-2)31-28(35)24-14-20-7-5-8-23-26(20)34(24)11-10-32(23)9-6-12-36/h5,7-8,13-17,36H,4,6,9-12,18H2,1-3H3. The zero-order chi connectivity index (χ0) is 27.1. The number of nitrogens with zero attached hydrogens (tertiary/aromatic N) is 6. The molecule has 0 saturated heterocycles. The lowest BCUT2D eigenvalue weighted by molar-refractivity contribution is 0.0600. The molecule has 10 nitrogen and oxygen atoms in total. The molecular weight excluding hydrogens is 496 g/mol. The summed E-state index contributed by atoms with van der Waals surface area (Å²) in [5, 5.41) is 15.0. The van der Waals surface area contributed by atoms with Crippen molar-refractivity contribution < 1.29 is 19.4 Å². The lowest BCUT2D eigenvalue weighted by Gasteiger charge is -2.31. The Balaban J connectivity index is 1.58. The Labute approximate surface area is 226 Å². The van der Waals surface area contributed by atoms with Crippen molar-refractivity contribution >= 4 is 33.6 Å². The molecule has 3 aromatic heterocycles. The average molecular weight is 529 g/mol. The van der Waals surface area contributed by atoms with Crippen LogP contribution in [0.15, 0.2) is 48.8 Å². The first-order valence-corrected chi connectivity index (χ1v) is 13.2. The van der Waals surface area contributed by atoms with Crippen molar-refractivity contribution in [3.63, 3.8) is 0 Å². The molecule has 6 rings (SSSR count). The molecule has 0 aliphatic carbocycles. The molecule has 0 amide bonds. The molecule has 202 valence electrons. The van der Waals surface area contributed by atoms with Gasteiger partial charge in [-0.25, -0.2) is 9.78 Å². The van der Waals surface area contributed by atoms with E-state index in [1.165, 1.54) is 7.11 Å². The molecule has 2 aromatic carbocycles. The molecular formula is C29H32N6O4. The number of rotatable bonds is 9. The number of carbonyl (C=O) groups excluding carboxylic acids is 1. The number of fused-ring (bicyclic) bond motifs is 1. The number of carbonyl (C=O) groups is 1. The van der Waals surface area contributed by atoms with Gasteiger partial charge in [0.1, 0.15) is 11.3 Å². The molecule has 1 aliphatic heterocycles. The number of esters is 1. The molecule has 0 bridgehead atoms. The largest absolute Gasteiger partial charge is 0.494 e. The van der Waals surface area contributed by atoms with E-state index in [4.69, 9.17) is 14.5 Å². The summed E-state index contributed by atoms with van der Waals surface area (Å²) in [7, 11) is 2.97. The van der Waals surface area contributed by atoms with E-state index in [2.05, 4.69) is 50.3 Å². The molecule has 0 spiro atoms. The van der Waals surface area contributed by atoms with Crippen molar-refractivity contribution in [2.75, 3.05) is 38.8 Å². The SMILES string of the molecule is CCn1cc(Cn2c(-c3cc4cccc5c4n3CCN5CCCO)nc3cc(C(=O)OC)cc(OC)c32)cn1. The van der Waals surface area contributed by atoms with Gasteiger partial charge in [0.05, 0.1) is 54.9 Å². The van der Waals surface area contributed by atoms with Crippen LogP contribution in [0.4, 0.5) is 5.69 Å². The van der Waals surface area contributed by atoms with E-state index in [1.807, 2.05) is 17.1 Å². The van der Waals surface area contributed by atoms with Crippen molar-refractivity contribution in [1.82, 2.24) is 23.9 Å². The number of anilines is 1. The second-order valence-corrected chi connectivity index (χ2v) is 9.72. The number of para-hydroxylation sites is 1. The van der Waals surface area contributed by atoms with Crippen LogP contribution < -0.4 is 9.64 Å². The number of aromatic nitrogens is 5. The van der Waals surface area contributed by atoms with Gasteiger partial charge in [0.15, 0.2) is 5.82 Å². The quantitative estimate of drug-likeness (QED) is 0.290. The predicted octanol–water partition coefficient (Wildman–Crippen LogP) is 3.92. The highest BCUT2D eigenvalue weighted by molar-refractivity contribution is 5.99. The summed E-state index contributed by atoms with van der Waals surface area (Å²) in [6, 6.07) is 12.0. The molecule has 10 heteroatoms. The number of aliphatic hydroxyl groups is 1. The molecule has 1 N–H and O–H groups in total. The molecule has 4 heterocycles. The minimum atomic E-state index is -0.438. The lowest BCUT2D eigenvalue weighted by atomic mass is 10.1. The van der Waals surface area contributed by atoms with Crippen molar-refractivity contribution in [1.29, 1.82) is 0 Å². The van der Waals surface area contributed by atoms with Gasteiger partial charge in [-0.15, -0.1) is 0 Å². The Morgan fingerprint density at radius 3 is 2.74 bits per heavy atom. The number of ether oxygens (including phenoxy) is 2. The van der Waals surface area contributed by atoms with Crippen LogP contribution in [0, 0.1) is 0 Å². The Morgan fingerprint density at radius 2 is 2.00 bits per heavy atom. The number of aliphatic hydroxyl groups excluding tert-OH is 1. The van der Waals surface area contributed by atoms with Gasteiger partial charge in [0.2, 0.25) is 0 Å². The van der Waals surface area contributed by atoms with Crippen LogP contribution in [0.1, 0.15) is 29.3 Å². The monoisotopic (exact) mass is 528 g/mol. The minimum absolute atomic E-state index is 0.173. The highest BCUT2D eigenvalue weighted by Gasteiger charge is 2.26. The first-order valence-electron chi connectivity index (χ1n) is 13.2. The molecule has 0 fully saturated rings. The fourth-order valence-corrected chi connectivity index (χ4v) is 5.63. The van der Waals surface area contributed by atoms with Crippen LogP contribution in [0.25, 0.3) is 33.5 Å². The third kappa shape index (κ3) is 4.21. The van der Waals surface area contributed by atoms with Crippen LogP contribution in [-0.2, 0) is 24.4 Å². The molecule has 0 unspecified atom stereocenters. The maximum Gasteiger partial charge on any atom is 0.338 e. The normalized spacial score (nSPS) is 13.0. The molecule has 0 saturated carbocycles. The summed E-state index contributed by atoms with van der Waals surface area (Å²) in [5.74, 6) is 0.910. The van der Waals surface area contributed by atoms with Gasteiger partial charge < -0.3 is 28.6 Å². The van der Waals surface area contributed by atoms with E-state index >= 15 is 0 Å². The third-order valence-corrected chi connectivity index (χ3v) is 7.45. The van der Waals surface area contributed by atoms with E-state index in [0.29, 0.717) is 23.4 Å². The van der Waals surface area contributed by atoms with Crippen LogP contribution in [0.3, 0.4) is 0 Å². The van der Waals surface area contributed by atoms with Crippen molar-refractivity contribution in [3.05, 3.63) is 59.9 Å². The molecule has 5 aromatic rings. The summed E-state index contributed by atoms with van der Waals surface area (Å²) in [6.07, 6.45) is 4.65. The molecule has 0 radical (unpaired) electrons. The highest BCUT2D eigenvalue weighted by atomic mass is 16.5. The van der Waals surface area contributed by atoms with Gasteiger partial charge >= 0.3 is 5.97 Å². The number of benzene rings is 2. The average Bonchev–Trinajstić information content (AvgIpc) is 3.68. The van der Waals surface area contributed by atoms with Gasteiger partial charge in [-0.3, -0.25) is 4.68 Å². The van der Waals surface area contributed by atoms with Crippen molar-refractivity contribution in [3.8, 4) is 17.3 Å². The maximum absolute atomic E-state index is 12.4. The molecule has 1 aliphatic rings. The number of aryl methyl sites for hydroxylation is 1. The zero-order valence-corrected chi connectivity index (χ0v) is 22.4. The smallest absolute Gasteiger partial charge is 0.338 e. The molecule has 0 atom stereocenters. The van der Waals surface area contributed by atoms with Gasteiger partial charge in [-0.2, -0.15) is 5.10 Å². The summed E-state index contributed by atoms with van der Waals surface area (Å²) in [5.41, 5.74) is 6.23. The third-order valence-electron chi connectivity index (χ3n) is 7.45. The maximum atomic E-state index is 12.4. The fourth-order valence-electron chi connectivity index (χ4n) is 5.63.